The topological polar surface area (TPSA) is 94.9 Å². The molecule has 3 fully saturated rings. The average molecular weight is 345 g/mol. The molecule has 4 rings (SSSR count). The Morgan fingerprint density at radius 3 is 2.80 bits per heavy atom. The summed E-state index contributed by atoms with van der Waals surface area (Å²) in [6.45, 7) is 1.35. The van der Waals surface area contributed by atoms with Gasteiger partial charge < -0.3 is 15.1 Å². The summed E-state index contributed by atoms with van der Waals surface area (Å²) in [5.74, 6) is -1.45. The van der Waals surface area contributed by atoms with E-state index in [1.807, 2.05) is 11.8 Å². The van der Waals surface area contributed by atoms with Crippen molar-refractivity contribution in [1.29, 1.82) is 0 Å². The average Bonchev–Trinajstić information content (AvgIpc) is 2.91. The third-order valence-corrected chi connectivity index (χ3v) is 6.80. The summed E-state index contributed by atoms with van der Waals surface area (Å²) in [6, 6.07) is -0.150. The molecular weight excluding hydrogens is 322 g/mol. The van der Waals surface area contributed by atoms with Crippen molar-refractivity contribution in [3.8, 4) is 0 Å². The molecule has 0 aromatic heterocycles. The Kier molecular flexibility index (Phi) is 3.57. The van der Waals surface area contributed by atoms with E-state index in [1.165, 1.54) is 6.08 Å². The lowest BCUT2D eigenvalue weighted by atomic mass is 9.66. The van der Waals surface area contributed by atoms with E-state index in [1.54, 1.807) is 12.2 Å². The highest BCUT2D eigenvalue weighted by Gasteiger charge is 2.63. The van der Waals surface area contributed by atoms with E-state index in [0.717, 1.165) is 5.57 Å². The first-order valence-corrected chi connectivity index (χ1v) is 8.93. The maximum absolute atomic E-state index is 13.0. The summed E-state index contributed by atoms with van der Waals surface area (Å²) >= 11 is 0. The number of piperidine rings is 2. The van der Waals surface area contributed by atoms with Crippen molar-refractivity contribution < 1.29 is 24.6 Å². The minimum atomic E-state index is -1.36. The van der Waals surface area contributed by atoms with Crippen LogP contribution in [0.15, 0.2) is 23.8 Å². The van der Waals surface area contributed by atoms with Gasteiger partial charge in [0.1, 0.15) is 6.61 Å². The fraction of sp³-hybridized carbons (Fsp3) is 0.632. The number of allylic oxidation sites excluding steroid dienone is 2. The second-order valence-corrected chi connectivity index (χ2v) is 7.95. The van der Waals surface area contributed by atoms with Crippen molar-refractivity contribution in [2.75, 3.05) is 6.61 Å². The molecule has 2 N–H and O–H groups in total. The monoisotopic (exact) mass is 345 g/mol. The van der Waals surface area contributed by atoms with Crippen LogP contribution in [0.5, 0.6) is 0 Å². The smallest absolute Gasteiger partial charge is 0.226 e. The number of ketones is 2. The first-order valence-electron chi connectivity index (χ1n) is 8.93. The van der Waals surface area contributed by atoms with Crippen LogP contribution in [-0.2, 0) is 14.4 Å². The molecule has 134 valence electrons. The van der Waals surface area contributed by atoms with Gasteiger partial charge in [-0.2, -0.15) is 0 Å². The first kappa shape index (κ1) is 16.7. The second kappa shape index (κ2) is 5.35. The number of aliphatic hydroxyl groups is 2. The molecule has 2 saturated heterocycles. The van der Waals surface area contributed by atoms with Gasteiger partial charge in [-0.1, -0.05) is 6.08 Å². The van der Waals surface area contributed by atoms with Crippen molar-refractivity contribution in [2.45, 2.75) is 56.2 Å². The Morgan fingerprint density at radius 1 is 1.32 bits per heavy atom. The molecule has 6 heteroatoms. The van der Waals surface area contributed by atoms with Gasteiger partial charge in [-0.05, 0) is 50.3 Å². The minimum Gasteiger partial charge on any atom is -0.389 e. The van der Waals surface area contributed by atoms with Gasteiger partial charge in [0.05, 0.1) is 17.6 Å². The Balaban J connectivity index is 1.73. The van der Waals surface area contributed by atoms with Gasteiger partial charge in [-0.3, -0.25) is 14.4 Å². The summed E-state index contributed by atoms with van der Waals surface area (Å²) < 4.78 is 0. The molecule has 1 unspecified atom stereocenters. The molecule has 25 heavy (non-hydrogen) atoms. The molecule has 1 amide bonds. The number of aliphatic hydroxyl groups excluding tert-OH is 1. The summed E-state index contributed by atoms with van der Waals surface area (Å²) in [4.78, 5) is 38.6. The number of amides is 1. The van der Waals surface area contributed by atoms with Crippen molar-refractivity contribution >= 4 is 17.5 Å². The van der Waals surface area contributed by atoms with Crippen LogP contribution in [0.3, 0.4) is 0 Å². The van der Waals surface area contributed by atoms with Gasteiger partial charge in [-0.15, -0.1) is 0 Å². The third kappa shape index (κ3) is 2.13. The van der Waals surface area contributed by atoms with E-state index < -0.39 is 23.7 Å². The predicted molar refractivity (Wildman–Crippen MR) is 88.4 cm³/mol. The van der Waals surface area contributed by atoms with Gasteiger partial charge in [-0.25, -0.2) is 0 Å². The summed E-state index contributed by atoms with van der Waals surface area (Å²) in [5.41, 5.74) is -1.05. The zero-order chi connectivity index (χ0) is 18.0. The molecule has 0 spiro atoms. The highest BCUT2D eigenvalue weighted by atomic mass is 16.3. The molecule has 0 aromatic rings. The SMILES string of the molecule is C[C@]12C=CC(=O)C=C1CC[C@H]1C3CC[C@H](C(=O)CO)[C@@]3(O)CC(=O)N12. The van der Waals surface area contributed by atoms with E-state index >= 15 is 0 Å². The molecule has 2 aliphatic carbocycles. The lowest BCUT2D eigenvalue weighted by molar-refractivity contribution is -0.172. The molecule has 0 aromatic carbocycles. The Morgan fingerprint density at radius 2 is 2.08 bits per heavy atom. The van der Waals surface area contributed by atoms with Gasteiger partial charge >= 0.3 is 0 Å². The highest BCUT2D eigenvalue weighted by Crippen LogP contribution is 2.54. The van der Waals surface area contributed by atoms with Crippen LogP contribution in [0.1, 0.15) is 39.0 Å². The molecule has 2 aliphatic heterocycles. The van der Waals surface area contributed by atoms with E-state index in [9.17, 15) is 24.6 Å². The van der Waals surface area contributed by atoms with Crippen LogP contribution in [-0.4, -0.2) is 56.4 Å². The number of carbonyl (C=O) groups excluding carboxylic acids is 3. The van der Waals surface area contributed by atoms with Gasteiger partial charge in [0.15, 0.2) is 11.6 Å². The van der Waals surface area contributed by atoms with Crippen LogP contribution in [0.4, 0.5) is 0 Å². The largest absolute Gasteiger partial charge is 0.389 e. The summed E-state index contributed by atoms with van der Waals surface area (Å²) in [7, 11) is 0. The molecule has 6 nitrogen and oxygen atoms in total. The molecule has 1 saturated carbocycles. The molecule has 0 bridgehead atoms. The minimum absolute atomic E-state index is 0.0543. The first-order chi connectivity index (χ1) is 11.8. The van der Waals surface area contributed by atoms with E-state index in [-0.39, 0.29) is 35.9 Å². The molecule has 5 atom stereocenters. The van der Waals surface area contributed by atoms with E-state index in [2.05, 4.69) is 0 Å². The number of hydrogen-bond donors (Lipinski definition) is 2. The Labute approximate surface area is 146 Å². The fourth-order valence-electron chi connectivity index (χ4n) is 5.64. The molecule has 0 radical (unpaired) electrons. The highest BCUT2D eigenvalue weighted by molar-refractivity contribution is 6.02. The molecular formula is C19H23NO5. The normalized spacial score (nSPS) is 42.6. The van der Waals surface area contributed by atoms with Crippen LogP contribution >= 0.6 is 0 Å². The zero-order valence-corrected chi connectivity index (χ0v) is 14.3. The second-order valence-electron chi connectivity index (χ2n) is 7.95. The number of nitrogens with zero attached hydrogens (tertiary/aromatic N) is 1. The van der Waals surface area contributed by atoms with Crippen LogP contribution in [0.2, 0.25) is 0 Å². The number of Topliss-reactive ketones (excluding diaryl/α,β-unsaturated/α-hetero) is 1. The molecule has 4 aliphatic rings. The van der Waals surface area contributed by atoms with Gasteiger partial charge in [0.25, 0.3) is 0 Å². The van der Waals surface area contributed by atoms with E-state index in [4.69, 9.17) is 0 Å². The third-order valence-electron chi connectivity index (χ3n) is 6.80. The lowest BCUT2D eigenvalue weighted by Crippen LogP contribution is -2.68. The quantitative estimate of drug-likeness (QED) is 0.761. The predicted octanol–water partition coefficient (Wildman–Crippen LogP) is 0.524. The van der Waals surface area contributed by atoms with E-state index in [0.29, 0.717) is 25.7 Å². The summed E-state index contributed by atoms with van der Waals surface area (Å²) in [5, 5.41) is 20.5. The summed E-state index contributed by atoms with van der Waals surface area (Å²) in [6.07, 6.45) is 7.38. The number of rotatable bonds is 2. The Hall–Kier alpha value is -1.79. The number of hydrogen-bond acceptors (Lipinski definition) is 5. The zero-order valence-electron chi connectivity index (χ0n) is 14.3. The van der Waals surface area contributed by atoms with Crippen molar-refractivity contribution in [2.24, 2.45) is 11.8 Å². The lowest BCUT2D eigenvalue weighted by Gasteiger charge is -2.58. The number of carbonyl (C=O) groups is 3. The maximum atomic E-state index is 13.0. The van der Waals surface area contributed by atoms with Crippen LogP contribution < -0.4 is 0 Å². The number of fused-ring (bicyclic) bond motifs is 5. The van der Waals surface area contributed by atoms with Gasteiger partial charge in [0.2, 0.25) is 5.91 Å². The van der Waals surface area contributed by atoms with Crippen LogP contribution in [0.25, 0.3) is 0 Å². The van der Waals surface area contributed by atoms with Crippen LogP contribution in [0, 0.1) is 11.8 Å². The van der Waals surface area contributed by atoms with Crippen molar-refractivity contribution in [1.82, 2.24) is 4.90 Å². The maximum Gasteiger partial charge on any atom is 0.226 e. The van der Waals surface area contributed by atoms with Gasteiger partial charge in [0, 0.05) is 17.9 Å². The fourth-order valence-corrected chi connectivity index (χ4v) is 5.64. The van der Waals surface area contributed by atoms with Crippen molar-refractivity contribution in [3.63, 3.8) is 0 Å². The molecule has 2 heterocycles. The Bertz CT molecular complexity index is 725. The standard InChI is InChI=1S/C19H23NO5/c1-18-7-6-12(22)8-11(18)2-5-15-13-3-4-14(16(23)10-21)19(13,25)9-17(24)20(15)18/h6-8,13-15,21,25H,2-5,9-10H2,1H3/t13?,14-,15+,18+,19-/m1/s1. The van der Waals surface area contributed by atoms with Crippen molar-refractivity contribution in [3.05, 3.63) is 23.8 Å².